The van der Waals surface area contributed by atoms with Crippen molar-refractivity contribution in [3.63, 3.8) is 0 Å². The third-order valence-corrected chi connectivity index (χ3v) is 1.87. The first kappa shape index (κ1) is 10.7. The lowest BCUT2D eigenvalue weighted by Crippen LogP contribution is -2.45. The van der Waals surface area contributed by atoms with Gasteiger partial charge < -0.3 is 15.7 Å². The smallest absolute Gasteiger partial charge is 0.166 e. The molecule has 0 aliphatic rings. The SMILES string of the molecule is CNC(=S)N[C@H](CO)C(C)C. The molecule has 0 radical (unpaired) electrons. The van der Waals surface area contributed by atoms with Crippen molar-refractivity contribution in [3.05, 3.63) is 0 Å². The van der Waals surface area contributed by atoms with Gasteiger partial charge in [-0.1, -0.05) is 13.8 Å². The molecule has 0 spiro atoms. The number of hydrogen-bond donors (Lipinski definition) is 3. The Balaban J connectivity index is 3.78. The van der Waals surface area contributed by atoms with E-state index >= 15 is 0 Å². The second kappa shape index (κ2) is 5.32. The third kappa shape index (κ3) is 4.16. The van der Waals surface area contributed by atoms with Crippen molar-refractivity contribution in [2.45, 2.75) is 19.9 Å². The van der Waals surface area contributed by atoms with E-state index in [-0.39, 0.29) is 12.6 Å². The largest absolute Gasteiger partial charge is 0.394 e. The molecule has 0 aromatic rings. The summed E-state index contributed by atoms with van der Waals surface area (Å²) in [5.41, 5.74) is 0. The molecule has 0 amide bonds. The van der Waals surface area contributed by atoms with Crippen LogP contribution in [0.2, 0.25) is 0 Å². The summed E-state index contributed by atoms with van der Waals surface area (Å²) in [6.07, 6.45) is 0. The van der Waals surface area contributed by atoms with E-state index in [1.165, 1.54) is 0 Å². The molecule has 11 heavy (non-hydrogen) atoms. The van der Waals surface area contributed by atoms with E-state index in [9.17, 15) is 0 Å². The molecule has 3 N–H and O–H groups in total. The molecule has 0 fully saturated rings. The van der Waals surface area contributed by atoms with Crippen LogP contribution in [-0.2, 0) is 0 Å². The zero-order valence-electron chi connectivity index (χ0n) is 7.22. The molecule has 0 unspecified atom stereocenters. The van der Waals surface area contributed by atoms with Gasteiger partial charge in [-0.3, -0.25) is 0 Å². The molecule has 0 aromatic heterocycles. The maximum absolute atomic E-state index is 8.89. The summed E-state index contributed by atoms with van der Waals surface area (Å²) in [4.78, 5) is 0. The van der Waals surface area contributed by atoms with Gasteiger partial charge in [-0.15, -0.1) is 0 Å². The van der Waals surface area contributed by atoms with Crippen molar-refractivity contribution in [1.82, 2.24) is 10.6 Å². The summed E-state index contributed by atoms with van der Waals surface area (Å²) < 4.78 is 0. The number of hydrogen-bond acceptors (Lipinski definition) is 2. The Labute approximate surface area is 73.2 Å². The zero-order valence-corrected chi connectivity index (χ0v) is 8.03. The number of thiocarbonyl (C=S) groups is 1. The molecular formula is C7H16N2OS. The van der Waals surface area contributed by atoms with Crippen LogP contribution in [0.4, 0.5) is 0 Å². The Morgan fingerprint density at radius 1 is 1.55 bits per heavy atom. The minimum atomic E-state index is 0.0509. The van der Waals surface area contributed by atoms with E-state index in [2.05, 4.69) is 10.6 Å². The highest BCUT2D eigenvalue weighted by Gasteiger charge is 2.11. The van der Waals surface area contributed by atoms with Crippen LogP contribution in [-0.4, -0.2) is 29.9 Å². The summed E-state index contributed by atoms with van der Waals surface area (Å²) >= 11 is 4.88. The summed E-state index contributed by atoms with van der Waals surface area (Å²) in [5, 5.41) is 15.3. The maximum atomic E-state index is 8.89. The average molecular weight is 176 g/mol. The molecule has 0 aliphatic heterocycles. The molecule has 66 valence electrons. The molecule has 0 saturated carbocycles. The van der Waals surface area contributed by atoms with E-state index < -0.39 is 0 Å². The second-order valence-electron chi connectivity index (χ2n) is 2.76. The van der Waals surface area contributed by atoms with Crippen molar-refractivity contribution in [2.24, 2.45) is 5.92 Å². The van der Waals surface area contributed by atoms with Crippen LogP contribution in [0, 0.1) is 5.92 Å². The Kier molecular flexibility index (Phi) is 5.15. The summed E-state index contributed by atoms with van der Waals surface area (Å²) in [7, 11) is 1.75. The van der Waals surface area contributed by atoms with Crippen molar-refractivity contribution < 1.29 is 5.11 Å². The highest BCUT2D eigenvalue weighted by molar-refractivity contribution is 7.80. The van der Waals surface area contributed by atoms with Crippen LogP contribution in [0.3, 0.4) is 0 Å². The minimum Gasteiger partial charge on any atom is -0.394 e. The molecule has 4 heteroatoms. The van der Waals surface area contributed by atoms with Crippen LogP contribution in [0.5, 0.6) is 0 Å². The fraction of sp³-hybridized carbons (Fsp3) is 0.857. The summed E-state index contributed by atoms with van der Waals surface area (Å²) in [6, 6.07) is 0.0509. The number of nitrogens with one attached hydrogen (secondary N) is 2. The lowest BCUT2D eigenvalue weighted by Gasteiger charge is -2.20. The van der Waals surface area contributed by atoms with Gasteiger partial charge in [0, 0.05) is 7.05 Å². The van der Waals surface area contributed by atoms with Gasteiger partial charge in [-0.05, 0) is 18.1 Å². The highest BCUT2D eigenvalue weighted by atomic mass is 32.1. The molecule has 0 rings (SSSR count). The highest BCUT2D eigenvalue weighted by Crippen LogP contribution is 1.99. The van der Waals surface area contributed by atoms with Crippen molar-refractivity contribution in [2.75, 3.05) is 13.7 Å². The molecule has 0 saturated heterocycles. The Hall–Kier alpha value is -0.350. The van der Waals surface area contributed by atoms with E-state index in [4.69, 9.17) is 17.3 Å². The third-order valence-electron chi connectivity index (χ3n) is 1.54. The van der Waals surface area contributed by atoms with E-state index in [1.54, 1.807) is 7.05 Å². The second-order valence-corrected chi connectivity index (χ2v) is 3.16. The van der Waals surface area contributed by atoms with Gasteiger partial charge in [0.15, 0.2) is 5.11 Å². The average Bonchev–Trinajstić information content (AvgIpc) is 1.99. The first-order valence-corrected chi connectivity index (χ1v) is 4.11. The first-order valence-electron chi connectivity index (χ1n) is 3.71. The summed E-state index contributed by atoms with van der Waals surface area (Å²) in [6.45, 7) is 4.18. The van der Waals surface area contributed by atoms with Crippen LogP contribution in [0.15, 0.2) is 0 Å². The van der Waals surface area contributed by atoms with Gasteiger partial charge in [-0.2, -0.15) is 0 Å². The van der Waals surface area contributed by atoms with Gasteiger partial charge >= 0.3 is 0 Å². The number of aliphatic hydroxyl groups is 1. The van der Waals surface area contributed by atoms with E-state index in [1.807, 2.05) is 13.8 Å². The van der Waals surface area contributed by atoms with Crippen LogP contribution in [0.25, 0.3) is 0 Å². The fourth-order valence-electron chi connectivity index (χ4n) is 0.664. The van der Waals surface area contributed by atoms with E-state index in [0.717, 1.165) is 0 Å². The standard InChI is InChI=1S/C7H16N2OS/c1-5(2)6(4-10)9-7(11)8-3/h5-6,10H,4H2,1-3H3,(H2,8,9,11)/t6-/m1/s1. The molecular weight excluding hydrogens is 160 g/mol. The predicted molar refractivity (Wildman–Crippen MR) is 50.5 cm³/mol. The molecule has 0 bridgehead atoms. The quantitative estimate of drug-likeness (QED) is 0.534. The number of rotatable bonds is 3. The molecule has 0 aliphatic carbocycles. The normalized spacial score (nSPS) is 12.8. The van der Waals surface area contributed by atoms with Crippen molar-refractivity contribution in [1.29, 1.82) is 0 Å². The van der Waals surface area contributed by atoms with Gasteiger partial charge in [-0.25, -0.2) is 0 Å². The Morgan fingerprint density at radius 3 is 2.36 bits per heavy atom. The lowest BCUT2D eigenvalue weighted by molar-refractivity contribution is 0.226. The van der Waals surface area contributed by atoms with Crippen LogP contribution in [0.1, 0.15) is 13.8 Å². The maximum Gasteiger partial charge on any atom is 0.166 e. The topological polar surface area (TPSA) is 44.3 Å². The zero-order chi connectivity index (χ0) is 8.85. The summed E-state index contributed by atoms with van der Waals surface area (Å²) in [5.74, 6) is 0.381. The molecule has 0 aromatic carbocycles. The number of aliphatic hydroxyl groups excluding tert-OH is 1. The van der Waals surface area contributed by atoms with Gasteiger partial charge in [0.2, 0.25) is 0 Å². The van der Waals surface area contributed by atoms with Gasteiger partial charge in [0.25, 0.3) is 0 Å². The monoisotopic (exact) mass is 176 g/mol. The van der Waals surface area contributed by atoms with Crippen molar-refractivity contribution in [3.8, 4) is 0 Å². The Bertz CT molecular complexity index is 128. The molecule has 3 nitrogen and oxygen atoms in total. The van der Waals surface area contributed by atoms with E-state index in [0.29, 0.717) is 11.0 Å². The van der Waals surface area contributed by atoms with Gasteiger partial charge in [0.05, 0.1) is 12.6 Å². The Morgan fingerprint density at radius 2 is 2.09 bits per heavy atom. The van der Waals surface area contributed by atoms with Gasteiger partial charge in [0.1, 0.15) is 0 Å². The van der Waals surface area contributed by atoms with Crippen molar-refractivity contribution >= 4 is 17.3 Å². The van der Waals surface area contributed by atoms with Crippen LogP contribution < -0.4 is 10.6 Å². The van der Waals surface area contributed by atoms with Crippen LogP contribution >= 0.6 is 12.2 Å². The molecule has 0 heterocycles. The first-order chi connectivity index (χ1) is 5.11. The predicted octanol–water partition coefficient (Wildman–Crippen LogP) is 0.0972. The lowest BCUT2D eigenvalue weighted by atomic mass is 10.1. The fourth-order valence-corrected chi connectivity index (χ4v) is 0.815. The molecule has 1 atom stereocenters. The minimum absolute atomic E-state index is 0.0509.